The van der Waals surface area contributed by atoms with Gasteiger partial charge in [-0.2, -0.15) is 0 Å². The molecule has 0 atom stereocenters. The molecule has 3 heteroatoms. The largest absolute Gasteiger partial charge is 0.384 e. The fourth-order valence-corrected chi connectivity index (χ4v) is 2.68. The zero-order valence-corrected chi connectivity index (χ0v) is 12.0. The van der Waals surface area contributed by atoms with Crippen LogP contribution in [0.2, 0.25) is 0 Å². The third-order valence-electron chi connectivity index (χ3n) is 3.89. The normalized spacial score (nSPS) is 17.7. The highest BCUT2D eigenvalue weighted by atomic mass is 16.5. The lowest BCUT2D eigenvalue weighted by atomic mass is 9.98. The SMILES string of the molecule is COCC1CCN(CCNCc2ccccc2)CC1. The van der Waals surface area contributed by atoms with E-state index in [1.165, 1.54) is 31.5 Å². The molecule has 3 nitrogen and oxygen atoms in total. The summed E-state index contributed by atoms with van der Waals surface area (Å²) in [6.07, 6.45) is 2.57. The van der Waals surface area contributed by atoms with Crippen LogP contribution < -0.4 is 5.32 Å². The van der Waals surface area contributed by atoms with E-state index in [4.69, 9.17) is 4.74 Å². The average Bonchev–Trinajstić information content (AvgIpc) is 2.47. The molecule has 1 aromatic rings. The first kappa shape index (κ1) is 14.5. The third-order valence-corrected chi connectivity index (χ3v) is 3.89. The molecule has 0 aromatic heterocycles. The second kappa shape index (κ2) is 8.31. The van der Waals surface area contributed by atoms with Crippen LogP contribution in [-0.4, -0.2) is 44.8 Å². The summed E-state index contributed by atoms with van der Waals surface area (Å²) in [5, 5.41) is 3.52. The minimum Gasteiger partial charge on any atom is -0.384 e. The first-order valence-corrected chi connectivity index (χ1v) is 7.34. The van der Waals surface area contributed by atoms with E-state index in [1.807, 2.05) is 0 Å². The van der Waals surface area contributed by atoms with Gasteiger partial charge in [0.25, 0.3) is 0 Å². The van der Waals surface area contributed by atoms with E-state index in [-0.39, 0.29) is 0 Å². The molecule has 1 fully saturated rings. The van der Waals surface area contributed by atoms with Crippen molar-refractivity contribution >= 4 is 0 Å². The predicted octanol–water partition coefficient (Wildman–Crippen LogP) is 2.13. The summed E-state index contributed by atoms with van der Waals surface area (Å²) >= 11 is 0. The maximum absolute atomic E-state index is 5.23. The summed E-state index contributed by atoms with van der Waals surface area (Å²) < 4.78 is 5.23. The molecule has 0 bridgehead atoms. The van der Waals surface area contributed by atoms with Crippen molar-refractivity contribution in [3.05, 3.63) is 35.9 Å². The molecule has 1 N–H and O–H groups in total. The standard InChI is InChI=1S/C16H26N2O/c1-19-14-16-7-10-18(11-8-16)12-9-17-13-15-5-3-2-4-6-15/h2-6,16-17H,7-14H2,1H3. The van der Waals surface area contributed by atoms with Crippen LogP contribution in [0, 0.1) is 5.92 Å². The molecule has 1 heterocycles. The number of hydrogen-bond acceptors (Lipinski definition) is 3. The summed E-state index contributed by atoms with van der Waals surface area (Å²) in [5.41, 5.74) is 1.36. The minimum absolute atomic E-state index is 0.776. The molecule has 0 aliphatic carbocycles. The van der Waals surface area contributed by atoms with E-state index < -0.39 is 0 Å². The van der Waals surface area contributed by atoms with Gasteiger partial charge in [0.15, 0.2) is 0 Å². The van der Waals surface area contributed by atoms with Crippen LogP contribution in [0.1, 0.15) is 18.4 Å². The quantitative estimate of drug-likeness (QED) is 0.762. The van der Waals surface area contributed by atoms with Crippen LogP contribution in [0.3, 0.4) is 0 Å². The first-order valence-electron chi connectivity index (χ1n) is 7.34. The van der Waals surface area contributed by atoms with Gasteiger partial charge in [-0.1, -0.05) is 30.3 Å². The van der Waals surface area contributed by atoms with Crippen LogP contribution >= 0.6 is 0 Å². The number of hydrogen-bond donors (Lipinski definition) is 1. The van der Waals surface area contributed by atoms with Crippen molar-refractivity contribution in [2.24, 2.45) is 5.92 Å². The summed E-state index contributed by atoms with van der Waals surface area (Å²) in [4.78, 5) is 2.56. The van der Waals surface area contributed by atoms with E-state index in [0.29, 0.717) is 0 Å². The Labute approximate surface area is 116 Å². The Hall–Kier alpha value is -0.900. The number of nitrogens with zero attached hydrogens (tertiary/aromatic N) is 1. The number of methoxy groups -OCH3 is 1. The van der Waals surface area contributed by atoms with Crippen molar-refractivity contribution in [1.82, 2.24) is 10.2 Å². The smallest absolute Gasteiger partial charge is 0.0491 e. The monoisotopic (exact) mass is 262 g/mol. The Bertz CT molecular complexity index is 334. The fraction of sp³-hybridized carbons (Fsp3) is 0.625. The van der Waals surface area contributed by atoms with E-state index in [9.17, 15) is 0 Å². The van der Waals surface area contributed by atoms with Gasteiger partial charge in [-0.15, -0.1) is 0 Å². The second-order valence-corrected chi connectivity index (χ2v) is 5.40. The Morgan fingerprint density at radius 3 is 2.63 bits per heavy atom. The van der Waals surface area contributed by atoms with E-state index in [2.05, 4.69) is 40.5 Å². The molecule has 1 saturated heterocycles. The molecule has 1 aliphatic heterocycles. The van der Waals surface area contributed by atoms with Crippen molar-refractivity contribution < 1.29 is 4.74 Å². The molecule has 0 unspecified atom stereocenters. The molecule has 1 aromatic carbocycles. The van der Waals surface area contributed by atoms with Gasteiger partial charge in [0.2, 0.25) is 0 Å². The van der Waals surface area contributed by atoms with E-state index >= 15 is 0 Å². The summed E-state index contributed by atoms with van der Waals surface area (Å²) in [6.45, 7) is 6.58. The van der Waals surface area contributed by atoms with Crippen LogP contribution in [0.25, 0.3) is 0 Å². The lowest BCUT2D eigenvalue weighted by molar-refractivity contribution is 0.0998. The number of nitrogens with one attached hydrogen (secondary N) is 1. The number of rotatable bonds is 7. The predicted molar refractivity (Wildman–Crippen MR) is 79.2 cm³/mol. The fourth-order valence-electron chi connectivity index (χ4n) is 2.68. The second-order valence-electron chi connectivity index (χ2n) is 5.40. The third kappa shape index (κ3) is 5.31. The molecule has 0 amide bonds. The molecule has 0 spiro atoms. The van der Waals surface area contributed by atoms with Crippen LogP contribution in [0.5, 0.6) is 0 Å². The summed E-state index contributed by atoms with van der Waals surface area (Å²) in [6, 6.07) is 10.6. The van der Waals surface area contributed by atoms with Crippen LogP contribution in [0.15, 0.2) is 30.3 Å². The Balaban J connectivity index is 1.55. The lowest BCUT2D eigenvalue weighted by Crippen LogP contribution is -2.39. The molecular formula is C16H26N2O. The molecule has 19 heavy (non-hydrogen) atoms. The molecular weight excluding hydrogens is 236 g/mol. The molecule has 106 valence electrons. The highest BCUT2D eigenvalue weighted by molar-refractivity contribution is 5.14. The zero-order chi connectivity index (χ0) is 13.3. The lowest BCUT2D eigenvalue weighted by Gasteiger charge is -2.31. The van der Waals surface area contributed by atoms with Crippen molar-refractivity contribution in [2.45, 2.75) is 19.4 Å². The van der Waals surface area contributed by atoms with Crippen molar-refractivity contribution in [1.29, 1.82) is 0 Å². The van der Waals surface area contributed by atoms with Gasteiger partial charge in [-0.05, 0) is 37.4 Å². The van der Waals surface area contributed by atoms with Crippen molar-refractivity contribution in [3.8, 4) is 0 Å². The number of piperidine rings is 1. The maximum atomic E-state index is 5.23. The van der Waals surface area contributed by atoms with Gasteiger partial charge in [0.05, 0.1) is 0 Å². The van der Waals surface area contributed by atoms with Crippen molar-refractivity contribution in [2.75, 3.05) is 39.9 Å². The summed E-state index contributed by atoms with van der Waals surface area (Å²) in [7, 11) is 1.81. The van der Waals surface area contributed by atoms with Gasteiger partial charge in [0.1, 0.15) is 0 Å². The van der Waals surface area contributed by atoms with Crippen molar-refractivity contribution in [3.63, 3.8) is 0 Å². The first-order chi connectivity index (χ1) is 9.38. The number of benzene rings is 1. The summed E-state index contributed by atoms with van der Waals surface area (Å²) in [5.74, 6) is 0.776. The van der Waals surface area contributed by atoms with Crippen LogP contribution in [0.4, 0.5) is 0 Å². The van der Waals surface area contributed by atoms with Gasteiger partial charge < -0.3 is 15.0 Å². The number of likely N-dealkylation sites (tertiary alicyclic amines) is 1. The Kier molecular flexibility index (Phi) is 6.34. The Morgan fingerprint density at radius 2 is 1.95 bits per heavy atom. The highest BCUT2D eigenvalue weighted by Gasteiger charge is 2.18. The molecule has 0 radical (unpaired) electrons. The molecule has 1 aliphatic rings. The van der Waals surface area contributed by atoms with Gasteiger partial charge in [0, 0.05) is 33.4 Å². The zero-order valence-electron chi connectivity index (χ0n) is 12.0. The van der Waals surface area contributed by atoms with E-state index in [0.717, 1.165) is 32.2 Å². The van der Waals surface area contributed by atoms with Gasteiger partial charge in [-0.3, -0.25) is 0 Å². The van der Waals surface area contributed by atoms with Gasteiger partial charge >= 0.3 is 0 Å². The topological polar surface area (TPSA) is 24.5 Å². The Morgan fingerprint density at radius 1 is 1.21 bits per heavy atom. The minimum atomic E-state index is 0.776. The number of ether oxygens (including phenoxy) is 1. The molecule has 2 rings (SSSR count). The van der Waals surface area contributed by atoms with E-state index in [1.54, 1.807) is 7.11 Å². The van der Waals surface area contributed by atoms with Gasteiger partial charge in [-0.25, -0.2) is 0 Å². The van der Waals surface area contributed by atoms with Crippen LogP contribution in [-0.2, 0) is 11.3 Å². The maximum Gasteiger partial charge on any atom is 0.0491 e. The molecule has 0 saturated carbocycles. The average molecular weight is 262 g/mol. The highest BCUT2D eigenvalue weighted by Crippen LogP contribution is 2.16.